The van der Waals surface area contributed by atoms with Gasteiger partial charge in [0, 0.05) is 26.2 Å². The Morgan fingerprint density at radius 3 is 0.906 bits per heavy atom. The Labute approximate surface area is 195 Å². The van der Waals surface area contributed by atoms with Gasteiger partial charge in [-0.15, -0.1) is 0 Å². The minimum atomic E-state index is 0.508. The molecule has 0 aliphatic heterocycles. The Kier molecular flexibility index (Phi) is 10.5. The van der Waals surface area contributed by atoms with E-state index < -0.39 is 0 Å². The molecule has 0 saturated heterocycles. The van der Waals surface area contributed by atoms with E-state index in [2.05, 4.69) is 112 Å². The van der Waals surface area contributed by atoms with Crippen LogP contribution >= 0.6 is 0 Å². The molecule has 6 nitrogen and oxygen atoms in total. The second-order valence-electron chi connectivity index (χ2n) is 9.62. The van der Waals surface area contributed by atoms with Gasteiger partial charge in [-0.3, -0.25) is 0 Å². The Hall–Kier alpha value is -2.12. The zero-order valence-electron chi connectivity index (χ0n) is 21.3. The van der Waals surface area contributed by atoms with Crippen LogP contribution in [-0.2, 0) is 26.2 Å². The fraction of sp³-hybridized carbons (Fsp3) is 0.538. The van der Waals surface area contributed by atoms with Crippen molar-refractivity contribution in [1.82, 2.24) is 19.6 Å². The number of benzene rings is 2. The molecule has 178 valence electrons. The highest BCUT2D eigenvalue weighted by Gasteiger charge is 2.07. The first-order valence-electron chi connectivity index (χ1n) is 11.2. The second-order valence-corrected chi connectivity index (χ2v) is 9.62. The minimum absolute atomic E-state index is 0.508. The molecule has 0 heterocycles. The van der Waals surface area contributed by atoms with E-state index in [9.17, 15) is 0 Å². The molecule has 2 rings (SSSR count). The molecular formula is C26H42N4O2. The average Bonchev–Trinajstić information content (AvgIpc) is 2.62. The molecule has 2 aromatic rings. The first kappa shape index (κ1) is 26.1. The lowest BCUT2D eigenvalue weighted by Crippen LogP contribution is -2.15. The Balaban J connectivity index is 2.02. The van der Waals surface area contributed by atoms with E-state index in [1.807, 2.05) is 0 Å². The molecule has 0 radical (unpaired) electrons. The summed E-state index contributed by atoms with van der Waals surface area (Å²) in [4.78, 5) is 8.70. The smallest absolute Gasteiger partial charge is 0.122 e. The van der Waals surface area contributed by atoms with Gasteiger partial charge in [-0.05, 0) is 103 Å². The van der Waals surface area contributed by atoms with Gasteiger partial charge in [-0.25, -0.2) is 0 Å². The van der Waals surface area contributed by atoms with Crippen molar-refractivity contribution in [1.29, 1.82) is 0 Å². The van der Waals surface area contributed by atoms with E-state index in [0.717, 1.165) is 37.7 Å². The van der Waals surface area contributed by atoms with Crippen LogP contribution < -0.4 is 9.47 Å². The van der Waals surface area contributed by atoms with Crippen molar-refractivity contribution in [3.05, 3.63) is 58.7 Å². The zero-order valence-corrected chi connectivity index (χ0v) is 21.3. The molecule has 6 heteroatoms. The van der Waals surface area contributed by atoms with Gasteiger partial charge in [0.05, 0.1) is 0 Å². The quantitative estimate of drug-likeness (QED) is 0.442. The normalized spacial score (nSPS) is 11.8. The van der Waals surface area contributed by atoms with Crippen molar-refractivity contribution in [2.75, 3.05) is 69.6 Å². The third kappa shape index (κ3) is 10.0. The van der Waals surface area contributed by atoms with Crippen LogP contribution in [0.5, 0.6) is 11.5 Å². The van der Waals surface area contributed by atoms with Gasteiger partial charge in [0.2, 0.25) is 0 Å². The number of hydrogen-bond donors (Lipinski definition) is 0. The maximum atomic E-state index is 6.08. The summed E-state index contributed by atoms with van der Waals surface area (Å²) in [6.07, 6.45) is 0. The largest absolute Gasteiger partial charge is 0.490 e. The summed E-state index contributed by atoms with van der Waals surface area (Å²) in [6.45, 7) is 4.58. The number of hydrogen-bond acceptors (Lipinski definition) is 6. The lowest BCUT2D eigenvalue weighted by Gasteiger charge is -2.17. The molecule has 0 fully saturated rings. The first-order valence-corrected chi connectivity index (χ1v) is 11.2. The summed E-state index contributed by atoms with van der Waals surface area (Å²) < 4.78 is 12.2. The summed E-state index contributed by atoms with van der Waals surface area (Å²) in [5, 5.41) is 0. The number of nitrogens with zero attached hydrogens (tertiary/aromatic N) is 4. The van der Waals surface area contributed by atoms with E-state index in [1.54, 1.807) is 0 Å². The van der Waals surface area contributed by atoms with E-state index >= 15 is 0 Å². The minimum Gasteiger partial charge on any atom is -0.490 e. The molecule has 0 aliphatic rings. The van der Waals surface area contributed by atoms with Crippen molar-refractivity contribution in [2.24, 2.45) is 0 Å². The predicted octanol–water partition coefficient (Wildman–Crippen LogP) is 3.39. The first-order chi connectivity index (χ1) is 15.1. The summed E-state index contributed by atoms with van der Waals surface area (Å²) in [6, 6.07) is 13.0. The average molecular weight is 443 g/mol. The van der Waals surface area contributed by atoms with Crippen molar-refractivity contribution >= 4 is 0 Å². The molecule has 0 bridgehead atoms. The van der Waals surface area contributed by atoms with E-state index in [0.29, 0.717) is 13.2 Å². The molecule has 0 aromatic heterocycles. The summed E-state index contributed by atoms with van der Waals surface area (Å²) >= 11 is 0. The maximum Gasteiger partial charge on any atom is 0.122 e. The number of rotatable bonds is 13. The van der Waals surface area contributed by atoms with E-state index in [1.165, 1.54) is 22.3 Å². The van der Waals surface area contributed by atoms with Crippen LogP contribution in [-0.4, -0.2) is 89.2 Å². The third-order valence-electron chi connectivity index (χ3n) is 4.67. The van der Waals surface area contributed by atoms with Crippen LogP contribution in [0.3, 0.4) is 0 Å². The van der Waals surface area contributed by atoms with Gasteiger partial charge >= 0.3 is 0 Å². The third-order valence-corrected chi connectivity index (χ3v) is 4.67. The molecular weight excluding hydrogens is 400 g/mol. The molecule has 0 saturated carbocycles. The molecule has 0 N–H and O–H groups in total. The van der Waals surface area contributed by atoms with Gasteiger partial charge < -0.3 is 29.1 Å². The Morgan fingerprint density at radius 2 is 0.688 bits per heavy atom. The Bertz CT molecular complexity index is 709. The van der Waals surface area contributed by atoms with Gasteiger partial charge in [0.25, 0.3) is 0 Å². The van der Waals surface area contributed by atoms with Crippen LogP contribution in [0.4, 0.5) is 0 Å². The van der Waals surface area contributed by atoms with Crippen molar-refractivity contribution < 1.29 is 9.47 Å². The summed E-state index contributed by atoms with van der Waals surface area (Å²) in [5.41, 5.74) is 5.04. The topological polar surface area (TPSA) is 31.4 Å². The lowest BCUT2D eigenvalue weighted by molar-refractivity contribution is 0.216. The molecule has 0 unspecified atom stereocenters. The van der Waals surface area contributed by atoms with Crippen LogP contribution in [0.25, 0.3) is 0 Å². The lowest BCUT2D eigenvalue weighted by atomic mass is 10.1. The zero-order chi connectivity index (χ0) is 23.7. The fourth-order valence-corrected chi connectivity index (χ4v) is 3.77. The van der Waals surface area contributed by atoms with Gasteiger partial charge in [-0.1, -0.05) is 12.1 Å². The summed E-state index contributed by atoms with van der Waals surface area (Å²) in [5.74, 6) is 1.80. The molecule has 0 amide bonds. The molecule has 0 atom stereocenters. The summed E-state index contributed by atoms with van der Waals surface area (Å²) in [7, 11) is 16.7. The fourth-order valence-electron chi connectivity index (χ4n) is 3.77. The molecule has 0 spiro atoms. The monoisotopic (exact) mass is 442 g/mol. The van der Waals surface area contributed by atoms with Crippen LogP contribution in [0, 0.1) is 0 Å². The van der Waals surface area contributed by atoms with Crippen molar-refractivity contribution in [3.63, 3.8) is 0 Å². The maximum absolute atomic E-state index is 6.08. The molecule has 32 heavy (non-hydrogen) atoms. The second kappa shape index (κ2) is 12.8. The molecule has 0 aliphatic carbocycles. The van der Waals surface area contributed by atoms with E-state index in [4.69, 9.17) is 9.47 Å². The van der Waals surface area contributed by atoms with Gasteiger partial charge in [0.1, 0.15) is 24.7 Å². The van der Waals surface area contributed by atoms with Gasteiger partial charge in [-0.2, -0.15) is 0 Å². The number of ether oxygens (including phenoxy) is 2. The van der Waals surface area contributed by atoms with Crippen LogP contribution in [0.2, 0.25) is 0 Å². The van der Waals surface area contributed by atoms with Crippen molar-refractivity contribution in [2.45, 2.75) is 26.2 Å². The van der Waals surface area contributed by atoms with Crippen LogP contribution in [0.15, 0.2) is 36.4 Å². The molecule has 2 aromatic carbocycles. The standard InChI is InChI=1S/C26H42N4O2/c1-27(2)17-21-11-22(18-28(3)4)14-25(13-21)31-9-10-32-26-15-23(19-29(5)6)12-24(16-26)20-30(7)8/h11-16H,9-10,17-20H2,1-8H3. The van der Waals surface area contributed by atoms with E-state index in [-0.39, 0.29) is 0 Å². The van der Waals surface area contributed by atoms with Crippen molar-refractivity contribution in [3.8, 4) is 11.5 Å². The highest BCUT2D eigenvalue weighted by Crippen LogP contribution is 2.21. The SMILES string of the molecule is CN(C)Cc1cc(CN(C)C)cc(OCCOc2cc(CN(C)C)cc(CN(C)C)c2)c1. The predicted molar refractivity (Wildman–Crippen MR) is 133 cm³/mol. The Morgan fingerprint density at radius 1 is 0.438 bits per heavy atom. The highest BCUT2D eigenvalue weighted by molar-refractivity contribution is 5.35. The van der Waals surface area contributed by atoms with Gasteiger partial charge in [0.15, 0.2) is 0 Å². The highest BCUT2D eigenvalue weighted by atomic mass is 16.5. The van der Waals surface area contributed by atoms with Crippen LogP contribution in [0.1, 0.15) is 22.3 Å².